The Morgan fingerprint density at radius 3 is 1.16 bits per heavy atom. The van der Waals surface area contributed by atoms with Gasteiger partial charge in [-0.1, -0.05) is 0 Å². The molecule has 0 radical (unpaired) electrons. The second-order valence-electron chi connectivity index (χ2n) is 8.82. The van der Waals surface area contributed by atoms with Gasteiger partial charge in [0.05, 0.1) is 66.3 Å². The standard InChI is InChI=1S/C18H32N2O12/c1-19(2,7-5-11(21)9-13(23)24)17(31,15(27)28)18(32,16(29)30)20(3,4)8-6-12(22)10-14(25)26/h11-12,21-22,31-32H,5-10H2,1-4H3,(H2-2,23,24,25,26,27,28,29,30)/t11?,12?,17-,18-/m0/s1. The van der Waals surface area contributed by atoms with E-state index in [9.17, 15) is 49.8 Å². The van der Waals surface area contributed by atoms with Crippen LogP contribution < -0.4 is 10.2 Å². The molecule has 0 amide bonds. The largest absolute Gasteiger partial charge is 0.541 e. The van der Waals surface area contributed by atoms with Crippen LogP contribution in [0.3, 0.4) is 0 Å². The quantitative estimate of drug-likeness (QED) is 0.0975. The summed E-state index contributed by atoms with van der Waals surface area (Å²) in [5, 5.41) is 83.3. The first-order valence-electron chi connectivity index (χ1n) is 9.59. The monoisotopic (exact) mass is 468 g/mol. The molecule has 0 rings (SSSR count). The Hall–Kier alpha value is -2.36. The van der Waals surface area contributed by atoms with Crippen molar-refractivity contribution >= 4 is 23.9 Å². The van der Waals surface area contributed by atoms with Crippen molar-refractivity contribution in [3.63, 3.8) is 0 Å². The smallest absolute Gasteiger partial charge is 0.331 e. The zero-order valence-electron chi connectivity index (χ0n) is 18.4. The molecule has 14 heteroatoms. The van der Waals surface area contributed by atoms with E-state index in [1.165, 1.54) is 0 Å². The Bertz CT molecular complexity index is 665. The molecule has 0 bridgehead atoms. The number of likely N-dealkylation sites (N-methyl/N-ethyl adjacent to an activating group) is 2. The molecule has 0 fully saturated rings. The lowest BCUT2D eigenvalue weighted by atomic mass is 9.90. The number of carbonyl (C=O) groups excluding carboxylic acids is 2. The second-order valence-corrected chi connectivity index (χ2v) is 8.82. The van der Waals surface area contributed by atoms with E-state index < -0.39 is 82.4 Å². The lowest BCUT2D eigenvalue weighted by Crippen LogP contribution is -2.88. The van der Waals surface area contributed by atoms with Gasteiger partial charge >= 0.3 is 23.4 Å². The fraction of sp³-hybridized carbons (Fsp3) is 0.778. The molecule has 32 heavy (non-hydrogen) atoms. The SMILES string of the molecule is C[N+](C)(CCC(O)CC(=O)O)[C@](O)(C(=O)[O-])[C@@](O)(C(=O)[O-])[N+](C)(C)CCC(O)CC(=O)O. The summed E-state index contributed by atoms with van der Waals surface area (Å²) in [7, 11) is 4.10. The summed E-state index contributed by atoms with van der Waals surface area (Å²) in [4.78, 5) is 45.5. The molecule has 0 saturated heterocycles. The molecule has 0 spiro atoms. The predicted molar refractivity (Wildman–Crippen MR) is 99.6 cm³/mol. The minimum Gasteiger partial charge on any atom is -0.541 e. The van der Waals surface area contributed by atoms with Gasteiger partial charge in [-0.3, -0.25) is 18.6 Å². The highest BCUT2D eigenvalue weighted by atomic mass is 16.5. The molecule has 0 aromatic rings. The number of rotatable bonds is 15. The molecule has 0 aliphatic rings. The Morgan fingerprint density at radius 1 is 0.719 bits per heavy atom. The van der Waals surface area contributed by atoms with Crippen LogP contribution in [-0.4, -0.2) is 128 Å². The number of aliphatic carboxylic acids is 4. The lowest BCUT2D eigenvalue weighted by molar-refractivity contribution is -1.05. The van der Waals surface area contributed by atoms with Crippen LogP contribution in [0.1, 0.15) is 25.7 Å². The van der Waals surface area contributed by atoms with E-state index in [1.54, 1.807) is 0 Å². The molecule has 0 saturated carbocycles. The van der Waals surface area contributed by atoms with Gasteiger partial charge in [0, 0.05) is 12.8 Å². The van der Waals surface area contributed by atoms with Crippen LogP contribution in [0.5, 0.6) is 0 Å². The molecule has 4 atom stereocenters. The van der Waals surface area contributed by atoms with Gasteiger partial charge in [0.1, 0.15) is 11.9 Å². The summed E-state index contributed by atoms with van der Waals surface area (Å²) in [5.41, 5.74) is -7.17. The van der Waals surface area contributed by atoms with Gasteiger partial charge in [-0.05, 0) is 0 Å². The zero-order valence-corrected chi connectivity index (χ0v) is 18.4. The number of aliphatic hydroxyl groups excluding tert-OH is 2. The van der Waals surface area contributed by atoms with Crippen LogP contribution in [0, 0.1) is 0 Å². The number of hydrogen-bond acceptors (Lipinski definition) is 10. The highest BCUT2D eigenvalue weighted by molar-refractivity contribution is 5.86. The van der Waals surface area contributed by atoms with Crippen LogP contribution in [0.25, 0.3) is 0 Å². The van der Waals surface area contributed by atoms with Gasteiger partial charge in [0.25, 0.3) is 0 Å². The second kappa shape index (κ2) is 10.5. The number of hydrogen-bond donors (Lipinski definition) is 6. The van der Waals surface area contributed by atoms with Gasteiger partial charge in [-0.2, -0.15) is 0 Å². The molecule has 0 aromatic heterocycles. The first kappa shape index (κ1) is 29.6. The Balaban J connectivity index is 6.20. The van der Waals surface area contributed by atoms with Crippen LogP contribution in [0.2, 0.25) is 0 Å². The van der Waals surface area contributed by atoms with Crippen molar-refractivity contribution < 1.29 is 69.0 Å². The Kier molecular flexibility index (Phi) is 9.73. The van der Waals surface area contributed by atoms with Crippen molar-refractivity contribution in [1.29, 1.82) is 0 Å². The van der Waals surface area contributed by atoms with Crippen LogP contribution >= 0.6 is 0 Å². The minimum absolute atomic E-state index is 0.386. The molecular formula is C18H32N2O12. The number of carbonyl (C=O) groups is 4. The molecule has 14 nitrogen and oxygen atoms in total. The predicted octanol–water partition coefficient (Wildman–Crippen LogP) is -5.53. The molecule has 2 unspecified atom stereocenters. The highest BCUT2D eigenvalue weighted by Crippen LogP contribution is 2.37. The van der Waals surface area contributed by atoms with Crippen molar-refractivity contribution in [3.05, 3.63) is 0 Å². The summed E-state index contributed by atoms with van der Waals surface area (Å²) in [6.07, 6.45) is -5.08. The molecule has 0 aliphatic heterocycles. The summed E-state index contributed by atoms with van der Waals surface area (Å²) in [6.45, 7) is -1.01. The van der Waals surface area contributed by atoms with E-state index in [0.29, 0.717) is 0 Å². The average Bonchev–Trinajstić information content (AvgIpc) is 2.61. The van der Waals surface area contributed by atoms with E-state index in [-0.39, 0.29) is 12.8 Å². The maximum absolute atomic E-state index is 12.1. The van der Waals surface area contributed by atoms with Gasteiger partial charge < -0.3 is 50.4 Å². The van der Waals surface area contributed by atoms with E-state index >= 15 is 0 Å². The summed E-state index contributed by atoms with van der Waals surface area (Å²) < 4.78 is -2.37. The Labute approximate surface area is 184 Å². The zero-order chi connectivity index (χ0) is 25.7. The summed E-state index contributed by atoms with van der Waals surface area (Å²) >= 11 is 0. The number of quaternary nitrogens is 2. The molecule has 0 aromatic carbocycles. The Morgan fingerprint density at radius 2 is 0.969 bits per heavy atom. The highest BCUT2D eigenvalue weighted by Gasteiger charge is 2.71. The maximum Gasteiger partial charge on any atom is 0.331 e. The summed E-state index contributed by atoms with van der Waals surface area (Å²) in [5.74, 6) is -7.47. The van der Waals surface area contributed by atoms with Crippen molar-refractivity contribution in [1.82, 2.24) is 0 Å². The van der Waals surface area contributed by atoms with Crippen LogP contribution in [-0.2, 0) is 19.2 Å². The number of carboxylic acid groups (broad SMARTS) is 4. The summed E-state index contributed by atoms with van der Waals surface area (Å²) in [6, 6.07) is 0. The third kappa shape index (κ3) is 6.11. The molecule has 6 N–H and O–H groups in total. The molecule has 0 aliphatic carbocycles. The van der Waals surface area contributed by atoms with Crippen LogP contribution in [0.4, 0.5) is 0 Å². The third-order valence-corrected chi connectivity index (χ3v) is 5.67. The fourth-order valence-corrected chi connectivity index (χ4v) is 3.50. The van der Waals surface area contributed by atoms with E-state index in [0.717, 1.165) is 28.2 Å². The van der Waals surface area contributed by atoms with Crippen LogP contribution in [0.15, 0.2) is 0 Å². The number of nitrogens with zero attached hydrogens (tertiary/aromatic N) is 2. The topological polar surface area (TPSA) is 236 Å². The molecule has 0 heterocycles. The van der Waals surface area contributed by atoms with Crippen molar-refractivity contribution in [2.45, 2.75) is 49.3 Å². The normalized spacial score (nSPS) is 18.1. The van der Waals surface area contributed by atoms with Crippen molar-refractivity contribution in [2.24, 2.45) is 0 Å². The van der Waals surface area contributed by atoms with Gasteiger partial charge in [-0.25, -0.2) is 0 Å². The third-order valence-electron chi connectivity index (χ3n) is 5.67. The molecule has 186 valence electrons. The fourth-order valence-electron chi connectivity index (χ4n) is 3.50. The van der Waals surface area contributed by atoms with Gasteiger partial charge in [0.2, 0.25) is 0 Å². The van der Waals surface area contributed by atoms with E-state index in [4.69, 9.17) is 10.2 Å². The lowest BCUT2D eigenvalue weighted by Gasteiger charge is -2.57. The number of carboxylic acids is 4. The number of aliphatic hydroxyl groups is 4. The minimum atomic E-state index is -3.59. The van der Waals surface area contributed by atoms with Crippen molar-refractivity contribution in [2.75, 3.05) is 41.3 Å². The van der Waals surface area contributed by atoms with Crippen molar-refractivity contribution in [3.8, 4) is 0 Å². The molecular weight excluding hydrogens is 436 g/mol. The first-order valence-corrected chi connectivity index (χ1v) is 9.59. The first-order chi connectivity index (χ1) is 14.3. The van der Waals surface area contributed by atoms with Gasteiger partial charge in [-0.15, -0.1) is 0 Å². The maximum atomic E-state index is 12.1. The van der Waals surface area contributed by atoms with Gasteiger partial charge in [0.15, 0.2) is 0 Å². The average molecular weight is 468 g/mol. The van der Waals surface area contributed by atoms with E-state index in [1.807, 2.05) is 0 Å². The van der Waals surface area contributed by atoms with E-state index in [2.05, 4.69) is 0 Å².